The van der Waals surface area contributed by atoms with Crippen LogP contribution in [0, 0.1) is 6.92 Å². The molecule has 1 aliphatic rings. The highest BCUT2D eigenvalue weighted by Gasteiger charge is 2.33. The quantitative estimate of drug-likeness (QED) is 0.474. The number of benzene rings is 1. The number of allylic oxidation sites excluding steroid dienone is 1. The summed E-state index contributed by atoms with van der Waals surface area (Å²) in [7, 11) is 0. The molecule has 1 aliphatic heterocycles. The molecular formula is C26H36N2O3S. The average Bonchev–Trinajstić information content (AvgIpc) is 3.26. The van der Waals surface area contributed by atoms with Gasteiger partial charge in [-0.2, -0.15) is 0 Å². The van der Waals surface area contributed by atoms with Gasteiger partial charge in [-0.15, -0.1) is 17.9 Å². The molecule has 174 valence electrons. The van der Waals surface area contributed by atoms with Crippen molar-refractivity contribution in [3.8, 4) is 5.75 Å². The Hall–Kier alpha value is -2.15. The van der Waals surface area contributed by atoms with Gasteiger partial charge < -0.3 is 14.7 Å². The molecule has 2 aromatic rings. The van der Waals surface area contributed by atoms with Crippen LogP contribution in [0.2, 0.25) is 0 Å². The highest BCUT2D eigenvalue weighted by atomic mass is 32.1. The first-order valence-corrected chi connectivity index (χ1v) is 12.5. The number of rotatable bonds is 12. The second-order valence-electron chi connectivity index (χ2n) is 8.53. The second-order valence-corrected chi connectivity index (χ2v) is 9.53. The summed E-state index contributed by atoms with van der Waals surface area (Å²) >= 11 is 1.76. The Morgan fingerprint density at radius 1 is 1.38 bits per heavy atom. The molecular weight excluding hydrogens is 420 g/mol. The van der Waals surface area contributed by atoms with Crippen LogP contribution in [0.5, 0.6) is 5.75 Å². The van der Waals surface area contributed by atoms with Crippen LogP contribution in [0.25, 0.3) is 0 Å². The van der Waals surface area contributed by atoms with Gasteiger partial charge in [-0.05, 0) is 68.3 Å². The molecule has 0 bridgehead atoms. The van der Waals surface area contributed by atoms with Crippen molar-refractivity contribution in [2.24, 2.45) is 0 Å². The fourth-order valence-electron chi connectivity index (χ4n) is 4.22. The number of aliphatic hydroxyl groups excluding tert-OH is 1. The lowest BCUT2D eigenvalue weighted by atomic mass is 10.0. The molecule has 0 spiro atoms. The van der Waals surface area contributed by atoms with E-state index in [9.17, 15) is 9.90 Å². The highest BCUT2D eigenvalue weighted by Crippen LogP contribution is 2.34. The number of fused-ring (bicyclic) bond motifs is 1. The van der Waals surface area contributed by atoms with E-state index in [1.165, 1.54) is 16.0 Å². The molecule has 0 radical (unpaired) electrons. The lowest BCUT2D eigenvalue weighted by Gasteiger charge is -2.37. The Bertz CT molecular complexity index is 864. The molecule has 0 unspecified atom stereocenters. The maximum atomic E-state index is 13.4. The molecule has 32 heavy (non-hydrogen) atoms. The standard InChI is InChI=1S/C26H36N2O3S/c1-4-6-7-21(29)17-27(14-5-2)18-26(30)28-15-12-25-23(13-16-32-25)24(28)19-31-22-10-8-20(3)9-11-22/h4,8-11,13,16,21,24,29H,1,5-7,12,14-15,17-19H2,2-3H3/t21-,24+/m1/s1. The van der Waals surface area contributed by atoms with Gasteiger partial charge in [-0.3, -0.25) is 9.69 Å². The molecule has 5 nitrogen and oxygen atoms in total. The SMILES string of the molecule is C=CCC[C@@H](O)CN(CCC)CC(=O)N1CCc2sccc2[C@@H]1COc1ccc(C)cc1. The summed E-state index contributed by atoms with van der Waals surface area (Å²) < 4.78 is 6.12. The maximum absolute atomic E-state index is 13.4. The average molecular weight is 457 g/mol. The van der Waals surface area contributed by atoms with Crippen LogP contribution in [-0.2, 0) is 11.2 Å². The number of amides is 1. The van der Waals surface area contributed by atoms with Crippen LogP contribution in [0.15, 0.2) is 48.4 Å². The second kappa shape index (κ2) is 12.2. The maximum Gasteiger partial charge on any atom is 0.237 e. The van der Waals surface area contributed by atoms with Crippen molar-refractivity contribution in [2.45, 2.75) is 51.7 Å². The minimum atomic E-state index is -0.446. The normalized spacial score (nSPS) is 16.6. The number of aryl methyl sites for hydroxylation is 1. The number of carbonyl (C=O) groups excluding carboxylic acids is 1. The molecule has 6 heteroatoms. The summed E-state index contributed by atoms with van der Waals surface area (Å²) in [5.74, 6) is 0.923. The first-order chi connectivity index (χ1) is 15.5. The van der Waals surface area contributed by atoms with Gasteiger partial charge in [-0.25, -0.2) is 0 Å². The van der Waals surface area contributed by atoms with E-state index in [1.54, 1.807) is 11.3 Å². The predicted octanol–water partition coefficient (Wildman–Crippen LogP) is 4.60. The first kappa shape index (κ1) is 24.5. The fraction of sp³-hybridized carbons (Fsp3) is 0.500. The number of nitrogens with zero attached hydrogens (tertiary/aromatic N) is 2. The van der Waals surface area contributed by atoms with Crippen LogP contribution < -0.4 is 4.74 Å². The molecule has 0 saturated carbocycles. The van der Waals surface area contributed by atoms with Crippen molar-refractivity contribution in [1.82, 2.24) is 9.80 Å². The Morgan fingerprint density at radius 3 is 2.88 bits per heavy atom. The van der Waals surface area contributed by atoms with Gasteiger partial charge in [0, 0.05) is 18.0 Å². The molecule has 0 saturated heterocycles. The zero-order valence-electron chi connectivity index (χ0n) is 19.3. The number of thiophene rings is 1. The molecule has 2 heterocycles. The van der Waals surface area contributed by atoms with Gasteiger partial charge in [0.2, 0.25) is 5.91 Å². The molecule has 0 aliphatic carbocycles. The number of carbonyl (C=O) groups is 1. The lowest BCUT2D eigenvalue weighted by Crippen LogP contribution is -2.47. The molecule has 1 N–H and O–H groups in total. The Balaban J connectivity index is 1.69. The van der Waals surface area contributed by atoms with Crippen molar-refractivity contribution in [3.05, 3.63) is 64.4 Å². The Kier molecular flexibility index (Phi) is 9.33. The number of hydrogen-bond acceptors (Lipinski definition) is 5. The van der Waals surface area contributed by atoms with Gasteiger partial charge in [0.25, 0.3) is 0 Å². The summed E-state index contributed by atoms with van der Waals surface area (Å²) in [5, 5.41) is 12.5. The largest absolute Gasteiger partial charge is 0.491 e. The van der Waals surface area contributed by atoms with E-state index in [2.05, 4.69) is 36.8 Å². The third-order valence-electron chi connectivity index (χ3n) is 5.92. The molecule has 0 fully saturated rings. The Labute approximate surface area is 196 Å². The number of ether oxygens (including phenoxy) is 1. The van der Waals surface area contributed by atoms with Gasteiger partial charge >= 0.3 is 0 Å². The number of aliphatic hydroxyl groups is 1. The zero-order valence-corrected chi connectivity index (χ0v) is 20.2. The van der Waals surface area contributed by atoms with E-state index in [-0.39, 0.29) is 11.9 Å². The smallest absolute Gasteiger partial charge is 0.237 e. The molecule has 1 aromatic heterocycles. The minimum absolute atomic E-state index is 0.0898. The Morgan fingerprint density at radius 2 is 2.16 bits per heavy atom. The van der Waals surface area contributed by atoms with Crippen LogP contribution in [0.4, 0.5) is 0 Å². The van der Waals surface area contributed by atoms with Crippen LogP contribution in [-0.4, -0.2) is 59.7 Å². The van der Waals surface area contributed by atoms with Gasteiger partial charge in [0.1, 0.15) is 12.4 Å². The zero-order chi connectivity index (χ0) is 22.9. The van der Waals surface area contributed by atoms with Crippen molar-refractivity contribution < 1.29 is 14.6 Å². The number of hydrogen-bond donors (Lipinski definition) is 1. The summed E-state index contributed by atoms with van der Waals surface area (Å²) in [6, 6.07) is 10.1. The molecule has 2 atom stereocenters. The van der Waals surface area contributed by atoms with Crippen molar-refractivity contribution in [3.63, 3.8) is 0 Å². The summed E-state index contributed by atoms with van der Waals surface area (Å²) in [4.78, 5) is 18.8. The van der Waals surface area contributed by atoms with Crippen molar-refractivity contribution >= 4 is 17.2 Å². The lowest BCUT2D eigenvalue weighted by molar-refractivity contribution is -0.136. The van der Waals surface area contributed by atoms with Crippen LogP contribution >= 0.6 is 11.3 Å². The van der Waals surface area contributed by atoms with E-state index in [0.717, 1.165) is 31.6 Å². The van der Waals surface area contributed by atoms with E-state index < -0.39 is 6.10 Å². The monoisotopic (exact) mass is 456 g/mol. The van der Waals surface area contributed by atoms with Crippen LogP contribution in [0.1, 0.15) is 48.2 Å². The topological polar surface area (TPSA) is 53.0 Å². The molecule has 1 amide bonds. The molecule has 1 aromatic carbocycles. The summed E-state index contributed by atoms with van der Waals surface area (Å²) in [6.07, 6.45) is 4.65. The minimum Gasteiger partial charge on any atom is -0.491 e. The van der Waals surface area contributed by atoms with E-state index in [4.69, 9.17) is 4.74 Å². The fourth-order valence-corrected chi connectivity index (χ4v) is 5.15. The molecule has 3 rings (SSSR count). The van der Waals surface area contributed by atoms with Gasteiger partial charge in [0.15, 0.2) is 0 Å². The van der Waals surface area contributed by atoms with Crippen LogP contribution in [0.3, 0.4) is 0 Å². The summed E-state index contributed by atoms with van der Waals surface area (Å²) in [6.45, 7) is 10.6. The van der Waals surface area contributed by atoms with E-state index in [1.807, 2.05) is 35.2 Å². The van der Waals surface area contributed by atoms with Gasteiger partial charge in [-0.1, -0.05) is 30.7 Å². The predicted molar refractivity (Wildman–Crippen MR) is 131 cm³/mol. The van der Waals surface area contributed by atoms with Gasteiger partial charge in [0.05, 0.1) is 18.7 Å². The first-order valence-electron chi connectivity index (χ1n) is 11.6. The third kappa shape index (κ3) is 6.67. The van der Waals surface area contributed by atoms with Crippen molar-refractivity contribution in [1.29, 1.82) is 0 Å². The van der Waals surface area contributed by atoms with E-state index >= 15 is 0 Å². The summed E-state index contributed by atoms with van der Waals surface area (Å²) in [5.41, 5.74) is 2.40. The highest BCUT2D eigenvalue weighted by molar-refractivity contribution is 7.10. The third-order valence-corrected chi connectivity index (χ3v) is 6.91. The van der Waals surface area contributed by atoms with E-state index in [0.29, 0.717) is 32.7 Å². The van der Waals surface area contributed by atoms with Crippen molar-refractivity contribution in [2.75, 3.05) is 32.8 Å².